The van der Waals surface area contributed by atoms with Crippen LogP contribution in [0.25, 0.3) is 0 Å². The first-order valence-electron chi connectivity index (χ1n) is 7.00. The van der Waals surface area contributed by atoms with Crippen molar-refractivity contribution >= 4 is 11.8 Å². The molecule has 1 aromatic carbocycles. The second-order valence-corrected chi connectivity index (χ2v) is 5.17. The van der Waals surface area contributed by atoms with Crippen LogP contribution in [0.15, 0.2) is 30.3 Å². The molecule has 0 saturated carbocycles. The second kappa shape index (κ2) is 7.05. The predicted molar refractivity (Wildman–Crippen MR) is 76.9 cm³/mol. The van der Waals surface area contributed by atoms with Gasteiger partial charge in [0.05, 0.1) is 5.92 Å². The lowest BCUT2D eigenvalue weighted by atomic mass is 9.98. The van der Waals surface area contributed by atoms with E-state index < -0.39 is 0 Å². The van der Waals surface area contributed by atoms with E-state index in [0.717, 1.165) is 12.0 Å². The van der Waals surface area contributed by atoms with E-state index in [0.29, 0.717) is 25.9 Å². The van der Waals surface area contributed by atoms with E-state index in [-0.39, 0.29) is 23.8 Å². The predicted octanol–water partition coefficient (Wildman–Crippen LogP) is 0.199. The molecule has 1 fully saturated rings. The van der Waals surface area contributed by atoms with Gasteiger partial charge in [-0.3, -0.25) is 9.59 Å². The molecule has 2 amide bonds. The van der Waals surface area contributed by atoms with Crippen LogP contribution in [0.1, 0.15) is 18.4 Å². The number of carbonyl (C=O) groups is 2. The van der Waals surface area contributed by atoms with Crippen molar-refractivity contribution in [2.24, 2.45) is 11.7 Å². The van der Waals surface area contributed by atoms with Gasteiger partial charge in [-0.05, 0) is 18.4 Å². The van der Waals surface area contributed by atoms with E-state index in [4.69, 9.17) is 5.73 Å². The molecule has 1 aliphatic heterocycles. The molecular weight excluding hydrogens is 254 g/mol. The first kappa shape index (κ1) is 14.5. The first-order chi connectivity index (χ1) is 9.69. The molecule has 20 heavy (non-hydrogen) atoms. The third kappa shape index (κ3) is 4.06. The van der Waals surface area contributed by atoms with Crippen LogP contribution < -0.4 is 16.4 Å². The summed E-state index contributed by atoms with van der Waals surface area (Å²) in [4.78, 5) is 23.2. The third-order valence-electron chi connectivity index (χ3n) is 3.59. The average molecular weight is 275 g/mol. The van der Waals surface area contributed by atoms with Gasteiger partial charge in [-0.2, -0.15) is 0 Å². The Morgan fingerprint density at radius 3 is 2.75 bits per heavy atom. The SMILES string of the molecule is NCC(Cc1ccccc1)C(=O)NCC1CCC(=O)N1. The minimum atomic E-state index is -0.227. The van der Waals surface area contributed by atoms with E-state index in [1.807, 2.05) is 30.3 Å². The molecule has 108 valence electrons. The maximum Gasteiger partial charge on any atom is 0.224 e. The van der Waals surface area contributed by atoms with Gasteiger partial charge >= 0.3 is 0 Å². The molecule has 0 radical (unpaired) electrons. The third-order valence-corrected chi connectivity index (χ3v) is 3.59. The lowest BCUT2D eigenvalue weighted by Crippen LogP contribution is -2.43. The summed E-state index contributed by atoms with van der Waals surface area (Å²) in [6, 6.07) is 9.90. The molecule has 2 unspecified atom stereocenters. The molecule has 2 atom stereocenters. The lowest BCUT2D eigenvalue weighted by Gasteiger charge is -2.17. The molecule has 5 nitrogen and oxygen atoms in total. The van der Waals surface area contributed by atoms with Crippen molar-refractivity contribution in [1.29, 1.82) is 0 Å². The van der Waals surface area contributed by atoms with E-state index in [9.17, 15) is 9.59 Å². The molecule has 1 saturated heterocycles. The maximum atomic E-state index is 12.1. The minimum absolute atomic E-state index is 0.0440. The zero-order chi connectivity index (χ0) is 14.4. The summed E-state index contributed by atoms with van der Waals surface area (Å²) >= 11 is 0. The Labute approximate surface area is 118 Å². The molecule has 1 aromatic rings. The lowest BCUT2D eigenvalue weighted by molar-refractivity contribution is -0.125. The molecule has 2 rings (SSSR count). The van der Waals surface area contributed by atoms with Gasteiger partial charge in [-0.25, -0.2) is 0 Å². The molecule has 0 aromatic heterocycles. The zero-order valence-electron chi connectivity index (χ0n) is 11.5. The summed E-state index contributed by atoms with van der Waals surface area (Å²) in [5.74, 6) is -0.212. The number of carbonyl (C=O) groups excluding carboxylic acids is 2. The van der Waals surface area contributed by atoms with Gasteiger partial charge < -0.3 is 16.4 Å². The van der Waals surface area contributed by atoms with E-state index in [1.165, 1.54) is 0 Å². The summed E-state index contributed by atoms with van der Waals surface area (Å²) in [5, 5.41) is 5.71. The van der Waals surface area contributed by atoms with Crippen molar-refractivity contribution in [2.45, 2.75) is 25.3 Å². The van der Waals surface area contributed by atoms with E-state index in [2.05, 4.69) is 10.6 Å². The van der Waals surface area contributed by atoms with Crippen molar-refractivity contribution in [1.82, 2.24) is 10.6 Å². The fraction of sp³-hybridized carbons (Fsp3) is 0.467. The molecule has 1 heterocycles. The van der Waals surface area contributed by atoms with Crippen LogP contribution in [-0.4, -0.2) is 30.9 Å². The zero-order valence-corrected chi connectivity index (χ0v) is 11.5. The summed E-state index contributed by atoms with van der Waals surface area (Å²) < 4.78 is 0. The highest BCUT2D eigenvalue weighted by Crippen LogP contribution is 2.09. The fourth-order valence-corrected chi connectivity index (χ4v) is 2.38. The fourth-order valence-electron chi connectivity index (χ4n) is 2.38. The number of nitrogens with two attached hydrogens (primary N) is 1. The van der Waals surface area contributed by atoms with E-state index in [1.54, 1.807) is 0 Å². The van der Waals surface area contributed by atoms with Gasteiger partial charge in [0.1, 0.15) is 0 Å². The first-order valence-corrected chi connectivity index (χ1v) is 7.00. The molecular formula is C15H21N3O2. The number of amides is 2. The Balaban J connectivity index is 1.81. The van der Waals surface area contributed by atoms with Crippen LogP contribution in [0.3, 0.4) is 0 Å². The standard InChI is InChI=1S/C15H21N3O2/c16-9-12(8-11-4-2-1-3-5-11)15(20)17-10-13-6-7-14(19)18-13/h1-5,12-13H,6-10,16H2,(H,17,20)(H,18,19). The quantitative estimate of drug-likeness (QED) is 0.693. The van der Waals surface area contributed by atoms with Crippen LogP contribution in [0, 0.1) is 5.92 Å². The summed E-state index contributed by atoms with van der Waals surface area (Å²) in [6.45, 7) is 0.799. The number of benzene rings is 1. The van der Waals surface area contributed by atoms with Crippen LogP contribution >= 0.6 is 0 Å². The van der Waals surface area contributed by atoms with Crippen molar-refractivity contribution in [2.75, 3.05) is 13.1 Å². The molecule has 0 spiro atoms. The van der Waals surface area contributed by atoms with Crippen molar-refractivity contribution < 1.29 is 9.59 Å². The summed E-state index contributed by atoms with van der Waals surface area (Å²) in [5.41, 5.74) is 6.80. The Hall–Kier alpha value is -1.88. The topological polar surface area (TPSA) is 84.2 Å². The molecule has 0 aliphatic carbocycles. The highest BCUT2D eigenvalue weighted by molar-refractivity contribution is 5.80. The Kier molecular flexibility index (Phi) is 5.12. The Morgan fingerprint density at radius 1 is 1.40 bits per heavy atom. The van der Waals surface area contributed by atoms with Crippen LogP contribution in [0.5, 0.6) is 0 Å². The van der Waals surface area contributed by atoms with Gasteiger partial charge in [0, 0.05) is 25.6 Å². The van der Waals surface area contributed by atoms with Crippen molar-refractivity contribution in [3.05, 3.63) is 35.9 Å². The van der Waals surface area contributed by atoms with E-state index >= 15 is 0 Å². The summed E-state index contributed by atoms with van der Waals surface area (Å²) in [6.07, 6.45) is 1.97. The second-order valence-electron chi connectivity index (χ2n) is 5.17. The maximum absolute atomic E-state index is 12.1. The smallest absolute Gasteiger partial charge is 0.224 e. The minimum Gasteiger partial charge on any atom is -0.354 e. The summed E-state index contributed by atoms with van der Waals surface area (Å²) in [7, 11) is 0. The number of nitrogens with one attached hydrogen (secondary N) is 2. The van der Waals surface area contributed by atoms with Crippen LogP contribution in [-0.2, 0) is 16.0 Å². The van der Waals surface area contributed by atoms with Crippen LogP contribution in [0.2, 0.25) is 0 Å². The normalized spacial score (nSPS) is 19.4. The van der Waals surface area contributed by atoms with Gasteiger partial charge in [0.2, 0.25) is 11.8 Å². The van der Waals surface area contributed by atoms with Gasteiger partial charge in [0.15, 0.2) is 0 Å². The van der Waals surface area contributed by atoms with Crippen molar-refractivity contribution in [3.8, 4) is 0 Å². The number of rotatable bonds is 6. The monoisotopic (exact) mass is 275 g/mol. The highest BCUT2D eigenvalue weighted by Gasteiger charge is 2.23. The van der Waals surface area contributed by atoms with Gasteiger partial charge in [0.25, 0.3) is 0 Å². The Morgan fingerprint density at radius 2 is 2.15 bits per heavy atom. The van der Waals surface area contributed by atoms with Gasteiger partial charge in [-0.15, -0.1) is 0 Å². The molecule has 0 bridgehead atoms. The molecule has 1 aliphatic rings. The van der Waals surface area contributed by atoms with Crippen molar-refractivity contribution in [3.63, 3.8) is 0 Å². The molecule has 4 N–H and O–H groups in total. The highest BCUT2D eigenvalue weighted by atomic mass is 16.2. The Bertz CT molecular complexity index is 461. The average Bonchev–Trinajstić information content (AvgIpc) is 2.89. The number of hydrogen-bond acceptors (Lipinski definition) is 3. The van der Waals surface area contributed by atoms with Gasteiger partial charge in [-0.1, -0.05) is 30.3 Å². The van der Waals surface area contributed by atoms with Crippen LogP contribution in [0.4, 0.5) is 0 Å². The largest absolute Gasteiger partial charge is 0.354 e. The number of hydrogen-bond donors (Lipinski definition) is 3. The molecule has 5 heteroatoms.